The number of amides is 1. The van der Waals surface area contributed by atoms with E-state index in [2.05, 4.69) is 10.4 Å². The number of aliphatic carboxylic acids is 1. The largest absolute Gasteiger partial charge is 0.479 e. The molecule has 0 aliphatic carbocycles. The molecule has 0 saturated carbocycles. The van der Waals surface area contributed by atoms with Crippen molar-refractivity contribution in [1.82, 2.24) is 10.3 Å². The normalized spacial score (nSPS) is 18.4. The first-order valence-electron chi connectivity index (χ1n) is 5.07. The van der Waals surface area contributed by atoms with Crippen molar-refractivity contribution in [2.75, 3.05) is 12.8 Å². The van der Waals surface area contributed by atoms with Crippen LogP contribution in [0, 0.1) is 0 Å². The number of amidine groups is 1. The zero-order valence-electron chi connectivity index (χ0n) is 9.87. The first kappa shape index (κ1) is 14.8. The van der Waals surface area contributed by atoms with Gasteiger partial charge in [-0.1, -0.05) is 11.8 Å². The smallest absolute Gasteiger partial charge is 0.339 e. The molecule has 7 nitrogen and oxygen atoms in total. The third kappa shape index (κ3) is 3.91. The van der Waals surface area contributed by atoms with Crippen LogP contribution in [-0.4, -0.2) is 50.4 Å². The van der Waals surface area contributed by atoms with Gasteiger partial charge in [-0.05, 0) is 11.8 Å². The number of hydrogen-bond donors (Lipinski definition) is 2. The predicted molar refractivity (Wildman–Crippen MR) is 70.1 cm³/mol. The Balaban J connectivity index is 2.60. The monoisotopic (exact) mass is 291 g/mol. The molecular weight excluding hydrogens is 278 g/mol. The summed E-state index contributed by atoms with van der Waals surface area (Å²) in [5.74, 6) is -1.21. The lowest BCUT2D eigenvalue weighted by atomic mass is 10.4. The van der Waals surface area contributed by atoms with Crippen molar-refractivity contribution in [3.8, 4) is 0 Å². The fraction of sp³-hybridized carbons (Fsp3) is 0.556. The number of carbonyl (C=O) groups is 3. The molecule has 0 radical (unpaired) electrons. The van der Waals surface area contributed by atoms with Crippen molar-refractivity contribution < 1.29 is 19.5 Å². The summed E-state index contributed by atoms with van der Waals surface area (Å²) in [6.45, 7) is 1.41. The third-order valence-corrected chi connectivity index (χ3v) is 3.89. The number of nitrogens with zero attached hydrogens (tertiary/aromatic N) is 2. The van der Waals surface area contributed by atoms with Gasteiger partial charge >= 0.3 is 5.97 Å². The summed E-state index contributed by atoms with van der Waals surface area (Å²) in [6.07, 6.45) is 0.0785. The van der Waals surface area contributed by atoms with Crippen molar-refractivity contribution in [2.45, 2.75) is 18.7 Å². The van der Waals surface area contributed by atoms with Gasteiger partial charge in [0.2, 0.25) is 11.3 Å². The van der Waals surface area contributed by atoms with Gasteiger partial charge in [0, 0.05) is 26.1 Å². The van der Waals surface area contributed by atoms with E-state index in [0.717, 1.165) is 28.5 Å². The van der Waals surface area contributed by atoms with Crippen molar-refractivity contribution in [3.05, 3.63) is 0 Å². The molecular formula is C9H13N3O4S2. The van der Waals surface area contributed by atoms with Gasteiger partial charge in [-0.25, -0.2) is 9.80 Å². The van der Waals surface area contributed by atoms with Gasteiger partial charge < -0.3 is 10.4 Å². The molecule has 100 valence electrons. The molecule has 1 amide bonds. The Kier molecular flexibility index (Phi) is 5.48. The summed E-state index contributed by atoms with van der Waals surface area (Å²) < 4.78 is 0. The average Bonchev–Trinajstić information content (AvgIpc) is 2.72. The minimum atomic E-state index is -1.12. The quantitative estimate of drug-likeness (QED) is 0.759. The number of carboxylic acid groups (broad SMARTS) is 1. The molecule has 0 spiro atoms. The number of hydrazone groups is 1. The Morgan fingerprint density at radius 3 is 2.72 bits per heavy atom. The van der Waals surface area contributed by atoms with Gasteiger partial charge in [0.15, 0.2) is 10.3 Å². The van der Waals surface area contributed by atoms with Crippen LogP contribution in [0.25, 0.3) is 0 Å². The first-order chi connectivity index (χ1) is 8.45. The second kappa shape index (κ2) is 6.64. The number of carbonyl (C=O) groups excluding carboxylic acids is 2. The van der Waals surface area contributed by atoms with E-state index < -0.39 is 17.3 Å². The van der Waals surface area contributed by atoms with E-state index in [-0.39, 0.29) is 11.5 Å². The Morgan fingerprint density at radius 1 is 1.56 bits per heavy atom. The van der Waals surface area contributed by atoms with Crippen LogP contribution in [0.1, 0.15) is 13.3 Å². The number of rotatable bonds is 4. The van der Waals surface area contributed by atoms with Crippen molar-refractivity contribution in [3.63, 3.8) is 0 Å². The Bertz CT molecular complexity index is 399. The van der Waals surface area contributed by atoms with E-state index in [9.17, 15) is 14.4 Å². The maximum Gasteiger partial charge on any atom is 0.339 e. The van der Waals surface area contributed by atoms with Crippen LogP contribution in [0.4, 0.5) is 0 Å². The fourth-order valence-corrected chi connectivity index (χ4v) is 2.57. The van der Waals surface area contributed by atoms with Gasteiger partial charge in [-0.3, -0.25) is 9.59 Å². The Labute approximate surface area is 112 Å². The molecule has 9 heteroatoms. The lowest BCUT2D eigenvalue weighted by Crippen LogP contribution is -2.36. The molecule has 0 aromatic heterocycles. The average molecular weight is 291 g/mol. The minimum Gasteiger partial charge on any atom is -0.479 e. The SMILES string of the molecule is CNC1=NN(C(=O)CCSC(C)=O)C(C(=O)O)S1. The zero-order chi connectivity index (χ0) is 13.7. The molecule has 1 heterocycles. The molecule has 18 heavy (non-hydrogen) atoms. The molecule has 0 bridgehead atoms. The van der Waals surface area contributed by atoms with Gasteiger partial charge in [0.25, 0.3) is 0 Å². The third-order valence-electron chi connectivity index (χ3n) is 1.95. The standard InChI is InChI=1S/C9H13N3O4S2/c1-5(13)17-4-3-6(14)12-7(8(15)16)18-9(10-2)11-12/h7H,3-4H2,1-2H3,(H,10,11)(H,15,16). The molecule has 0 aromatic rings. The maximum absolute atomic E-state index is 11.8. The summed E-state index contributed by atoms with van der Waals surface area (Å²) in [5, 5.41) is 15.8. The zero-order valence-corrected chi connectivity index (χ0v) is 11.5. The van der Waals surface area contributed by atoms with Gasteiger partial charge in [0.05, 0.1) is 0 Å². The topological polar surface area (TPSA) is 99.1 Å². The maximum atomic E-state index is 11.8. The van der Waals surface area contributed by atoms with Gasteiger partial charge in [-0.2, -0.15) is 0 Å². The molecule has 0 saturated heterocycles. The second-order valence-electron chi connectivity index (χ2n) is 3.29. The van der Waals surface area contributed by atoms with Crippen LogP contribution in [-0.2, 0) is 14.4 Å². The minimum absolute atomic E-state index is 0.0761. The predicted octanol–water partition coefficient (Wildman–Crippen LogP) is 0.133. The van der Waals surface area contributed by atoms with Gasteiger partial charge in [0.1, 0.15) is 0 Å². The number of nitrogens with one attached hydrogen (secondary N) is 1. The summed E-state index contributed by atoms with van der Waals surface area (Å²) in [7, 11) is 1.60. The van der Waals surface area contributed by atoms with Crippen LogP contribution < -0.4 is 5.32 Å². The van der Waals surface area contributed by atoms with Gasteiger partial charge in [-0.15, -0.1) is 5.10 Å². The summed E-state index contributed by atoms with van der Waals surface area (Å²) in [5.41, 5.74) is 0. The lowest BCUT2D eigenvalue weighted by Gasteiger charge is -2.16. The molecule has 1 unspecified atom stereocenters. The number of thioether (sulfide) groups is 2. The van der Waals surface area contributed by atoms with E-state index in [1.54, 1.807) is 7.05 Å². The highest BCUT2D eigenvalue weighted by atomic mass is 32.2. The highest BCUT2D eigenvalue weighted by molar-refractivity contribution is 8.15. The fourth-order valence-electron chi connectivity index (χ4n) is 1.18. The molecule has 2 N–H and O–H groups in total. The van der Waals surface area contributed by atoms with Crippen LogP contribution >= 0.6 is 23.5 Å². The summed E-state index contributed by atoms with van der Waals surface area (Å²) in [4.78, 5) is 33.5. The number of hydrogen-bond acceptors (Lipinski definition) is 7. The van der Waals surface area contributed by atoms with Crippen LogP contribution in [0.3, 0.4) is 0 Å². The lowest BCUT2D eigenvalue weighted by molar-refractivity contribution is -0.145. The molecule has 1 atom stereocenters. The number of carboxylic acids is 1. The van der Waals surface area contributed by atoms with E-state index in [1.807, 2.05) is 0 Å². The van der Waals surface area contributed by atoms with E-state index in [4.69, 9.17) is 5.11 Å². The van der Waals surface area contributed by atoms with Crippen molar-refractivity contribution in [1.29, 1.82) is 0 Å². The molecule has 0 fully saturated rings. The molecule has 1 aliphatic rings. The van der Waals surface area contributed by atoms with Crippen LogP contribution in [0.15, 0.2) is 5.10 Å². The molecule has 0 aromatic carbocycles. The van der Waals surface area contributed by atoms with Crippen molar-refractivity contribution in [2.24, 2.45) is 5.10 Å². The summed E-state index contributed by atoms with van der Waals surface area (Å²) >= 11 is 2.00. The van der Waals surface area contributed by atoms with Crippen LogP contribution in [0.2, 0.25) is 0 Å². The molecule has 1 aliphatic heterocycles. The second-order valence-corrected chi connectivity index (χ2v) is 5.63. The highest BCUT2D eigenvalue weighted by Crippen LogP contribution is 2.25. The van der Waals surface area contributed by atoms with E-state index in [1.165, 1.54) is 6.92 Å². The molecule has 1 rings (SSSR count). The highest BCUT2D eigenvalue weighted by Gasteiger charge is 2.36. The Hall–Kier alpha value is -1.22. The van der Waals surface area contributed by atoms with Crippen molar-refractivity contribution >= 4 is 45.7 Å². The van der Waals surface area contributed by atoms with Crippen LogP contribution in [0.5, 0.6) is 0 Å². The van der Waals surface area contributed by atoms with E-state index in [0.29, 0.717) is 10.9 Å². The summed E-state index contributed by atoms with van der Waals surface area (Å²) in [6, 6.07) is 0. The Morgan fingerprint density at radius 2 is 2.22 bits per heavy atom. The van der Waals surface area contributed by atoms with E-state index >= 15 is 0 Å². The first-order valence-corrected chi connectivity index (χ1v) is 6.93.